The Labute approximate surface area is 120 Å². The zero-order valence-corrected chi connectivity index (χ0v) is 12.1. The molecule has 0 saturated carbocycles. The van der Waals surface area contributed by atoms with Crippen LogP contribution < -0.4 is 5.32 Å². The molecule has 20 heavy (non-hydrogen) atoms. The maximum atomic E-state index is 12.0. The van der Waals surface area contributed by atoms with Gasteiger partial charge in [-0.05, 0) is 43.5 Å². The number of benzene rings is 1. The number of phenols is 1. The van der Waals surface area contributed by atoms with E-state index in [1.807, 2.05) is 6.07 Å². The normalized spacial score (nSPS) is 17.1. The van der Waals surface area contributed by atoms with Gasteiger partial charge in [-0.2, -0.15) is 0 Å². The van der Waals surface area contributed by atoms with Crippen molar-refractivity contribution in [3.05, 3.63) is 29.8 Å². The highest BCUT2D eigenvalue weighted by atomic mass is 16.3. The summed E-state index contributed by atoms with van der Waals surface area (Å²) in [6, 6.07) is 7.19. The number of likely N-dealkylation sites (tertiary alicyclic amines) is 1. The van der Waals surface area contributed by atoms with Crippen LogP contribution in [0.3, 0.4) is 0 Å². The molecule has 1 saturated heterocycles. The molecule has 1 aliphatic heterocycles. The molecule has 4 heteroatoms. The second-order valence-corrected chi connectivity index (χ2v) is 5.53. The standard InChI is InChI=1S/C16H24N2O2/c1-2-8-18-9-6-14(7-10-18)17-16(20)12-13-4-3-5-15(19)11-13/h3-5,11,14,19H,2,6-10,12H2,1H3,(H,17,20). The van der Waals surface area contributed by atoms with Gasteiger partial charge in [0, 0.05) is 19.1 Å². The molecule has 0 radical (unpaired) electrons. The molecule has 110 valence electrons. The van der Waals surface area contributed by atoms with E-state index in [9.17, 15) is 9.90 Å². The predicted molar refractivity (Wildman–Crippen MR) is 79.7 cm³/mol. The Balaban J connectivity index is 1.75. The lowest BCUT2D eigenvalue weighted by Gasteiger charge is -2.32. The van der Waals surface area contributed by atoms with Crippen LogP contribution in [0.25, 0.3) is 0 Å². The monoisotopic (exact) mass is 276 g/mol. The van der Waals surface area contributed by atoms with Gasteiger partial charge in [0.2, 0.25) is 5.91 Å². The summed E-state index contributed by atoms with van der Waals surface area (Å²) in [5.74, 6) is 0.257. The average molecular weight is 276 g/mol. The Morgan fingerprint density at radius 3 is 2.80 bits per heavy atom. The van der Waals surface area contributed by atoms with E-state index in [0.717, 1.165) is 38.0 Å². The summed E-state index contributed by atoms with van der Waals surface area (Å²) < 4.78 is 0. The molecule has 0 unspecified atom stereocenters. The molecule has 1 aromatic rings. The van der Waals surface area contributed by atoms with Crippen molar-refractivity contribution in [1.29, 1.82) is 0 Å². The third-order valence-electron chi connectivity index (χ3n) is 3.77. The first kappa shape index (κ1) is 14.9. The van der Waals surface area contributed by atoms with E-state index in [1.165, 1.54) is 6.42 Å². The van der Waals surface area contributed by atoms with Gasteiger partial charge in [-0.3, -0.25) is 4.79 Å². The summed E-state index contributed by atoms with van der Waals surface area (Å²) in [6.07, 6.45) is 3.59. The van der Waals surface area contributed by atoms with Crippen molar-refractivity contribution in [3.63, 3.8) is 0 Å². The summed E-state index contributed by atoms with van der Waals surface area (Å²) in [6.45, 7) is 5.50. The number of piperidine rings is 1. The molecular weight excluding hydrogens is 252 g/mol. The van der Waals surface area contributed by atoms with Crippen LogP contribution in [0.15, 0.2) is 24.3 Å². The van der Waals surface area contributed by atoms with E-state index in [4.69, 9.17) is 0 Å². The Hall–Kier alpha value is -1.55. The van der Waals surface area contributed by atoms with Crippen LogP contribution in [0.4, 0.5) is 0 Å². The number of nitrogens with one attached hydrogen (secondary N) is 1. The molecule has 0 aromatic heterocycles. The third-order valence-corrected chi connectivity index (χ3v) is 3.77. The average Bonchev–Trinajstić information content (AvgIpc) is 2.41. The lowest BCUT2D eigenvalue weighted by Crippen LogP contribution is -2.45. The zero-order valence-electron chi connectivity index (χ0n) is 12.1. The smallest absolute Gasteiger partial charge is 0.224 e. The van der Waals surface area contributed by atoms with Gasteiger partial charge in [0.1, 0.15) is 5.75 Å². The number of phenolic OH excluding ortho intramolecular Hbond substituents is 1. The maximum Gasteiger partial charge on any atom is 0.224 e. The van der Waals surface area contributed by atoms with Crippen LogP contribution >= 0.6 is 0 Å². The zero-order chi connectivity index (χ0) is 14.4. The maximum absolute atomic E-state index is 12.0. The summed E-state index contributed by atoms with van der Waals surface area (Å²) >= 11 is 0. The largest absolute Gasteiger partial charge is 0.508 e. The van der Waals surface area contributed by atoms with Crippen LogP contribution in [0.5, 0.6) is 5.75 Å². The second kappa shape index (κ2) is 7.29. The Morgan fingerprint density at radius 2 is 2.15 bits per heavy atom. The first-order valence-electron chi connectivity index (χ1n) is 7.47. The fourth-order valence-corrected chi connectivity index (χ4v) is 2.75. The number of rotatable bonds is 5. The highest BCUT2D eigenvalue weighted by Crippen LogP contribution is 2.13. The fourth-order valence-electron chi connectivity index (χ4n) is 2.75. The van der Waals surface area contributed by atoms with Crippen molar-refractivity contribution in [1.82, 2.24) is 10.2 Å². The van der Waals surface area contributed by atoms with Crippen LogP contribution in [-0.2, 0) is 11.2 Å². The number of carbonyl (C=O) groups is 1. The van der Waals surface area contributed by atoms with E-state index < -0.39 is 0 Å². The molecule has 1 amide bonds. The van der Waals surface area contributed by atoms with Crippen molar-refractivity contribution in [2.75, 3.05) is 19.6 Å². The van der Waals surface area contributed by atoms with Gasteiger partial charge in [-0.1, -0.05) is 19.1 Å². The number of carbonyl (C=O) groups excluding carboxylic acids is 1. The molecule has 1 fully saturated rings. The van der Waals surface area contributed by atoms with Crippen molar-refractivity contribution < 1.29 is 9.90 Å². The molecular formula is C16H24N2O2. The lowest BCUT2D eigenvalue weighted by atomic mass is 10.0. The topological polar surface area (TPSA) is 52.6 Å². The molecule has 0 bridgehead atoms. The van der Waals surface area contributed by atoms with Crippen LogP contribution in [0, 0.1) is 0 Å². The number of hydrogen-bond donors (Lipinski definition) is 2. The second-order valence-electron chi connectivity index (χ2n) is 5.53. The van der Waals surface area contributed by atoms with Gasteiger partial charge in [-0.15, -0.1) is 0 Å². The predicted octanol–water partition coefficient (Wildman–Crippen LogP) is 1.93. The van der Waals surface area contributed by atoms with Crippen LogP contribution in [0.2, 0.25) is 0 Å². The Bertz CT molecular complexity index is 440. The van der Waals surface area contributed by atoms with Crippen molar-refractivity contribution in [2.24, 2.45) is 0 Å². The Kier molecular flexibility index (Phi) is 5.41. The van der Waals surface area contributed by atoms with Gasteiger partial charge in [0.15, 0.2) is 0 Å². The SMILES string of the molecule is CCCN1CCC(NC(=O)Cc2cccc(O)c2)CC1. The Morgan fingerprint density at radius 1 is 1.40 bits per heavy atom. The lowest BCUT2D eigenvalue weighted by molar-refractivity contribution is -0.121. The fraction of sp³-hybridized carbons (Fsp3) is 0.562. The number of nitrogens with zero attached hydrogens (tertiary/aromatic N) is 1. The van der Waals surface area contributed by atoms with E-state index in [0.29, 0.717) is 12.5 Å². The molecule has 1 aromatic carbocycles. The van der Waals surface area contributed by atoms with Gasteiger partial charge >= 0.3 is 0 Å². The molecule has 2 rings (SSSR count). The van der Waals surface area contributed by atoms with E-state index in [2.05, 4.69) is 17.1 Å². The highest BCUT2D eigenvalue weighted by molar-refractivity contribution is 5.79. The van der Waals surface area contributed by atoms with Gasteiger partial charge in [0.05, 0.1) is 6.42 Å². The minimum atomic E-state index is 0.0459. The van der Waals surface area contributed by atoms with Gasteiger partial charge < -0.3 is 15.3 Å². The van der Waals surface area contributed by atoms with E-state index >= 15 is 0 Å². The molecule has 4 nitrogen and oxygen atoms in total. The third kappa shape index (κ3) is 4.53. The summed E-state index contributed by atoms with van der Waals surface area (Å²) in [5, 5.41) is 12.5. The van der Waals surface area contributed by atoms with Crippen molar-refractivity contribution >= 4 is 5.91 Å². The van der Waals surface area contributed by atoms with Crippen LogP contribution in [0.1, 0.15) is 31.7 Å². The highest BCUT2D eigenvalue weighted by Gasteiger charge is 2.19. The molecule has 0 aliphatic carbocycles. The molecule has 2 N–H and O–H groups in total. The molecule has 0 atom stereocenters. The van der Waals surface area contributed by atoms with Gasteiger partial charge in [0.25, 0.3) is 0 Å². The molecule has 1 heterocycles. The number of amides is 1. The van der Waals surface area contributed by atoms with Crippen molar-refractivity contribution in [2.45, 2.75) is 38.6 Å². The molecule has 1 aliphatic rings. The minimum Gasteiger partial charge on any atom is -0.508 e. The number of hydrogen-bond acceptors (Lipinski definition) is 3. The first-order valence-corrected chi connectivity index (χ1v) is 7.47. The van der Waals surface area contributed by atoms with E-state index in [-0.39, 0.29) is 11.7 Å². The summed E-state index contributed by atoms with van der Waals surface area (Å²) in [5.41, 5.74) is 0.853. The minimum absolute atomic E-state index is 0.0459. The van der Waals surface area contributed by atoms with Crippen LogP contribution in [-0.4, -0.2) is 41.6 Å². The first-order chi connectivity index (χ1) is 9.67. The quantitative estimate of drug-likeness (QED) is 0.864. The summed E-state index contributed by atoms with van der Waals surface area (Å²) in [7, 11) is 0. The van der Waals surface area contributed by atoms with E-state index in [1.54, 1.807) is 18.2 Å². The van der Waals surface area contributed by atoms with Gasteiger partial charge in [-0.25, -0.2) is 0 Å². The number of aromatic hydroxyl groups is 1. The summed E-state index contributed by atoms with van der Waals surface area (Å²) in [4.78, 5) is 14.4. The van der Waals surface area contributed by atoms with Crippen molar-refractivity contribution in [3.8, 4) is 5.75 Å². The molecule has 0 spiro atoms.